The Morgan fingerprint density at radius 2 is 1.21 bits per heavy atom. The summed E-state index contributed by atoms with van der Waals surface area (Å²) in [5.41, 5.74) is 4.51. The SMILES string of the molecule is CCc1ccc(C(O)c2ccc(C(C)C)cc2)cc1. The number of aliphatic hydroxyl groups is 1. The van der Waals surface area contributed by atoms with Crippen molar-refractivity contribution in [2.75, 3.05) is 0 Å². The van der Waals surface area contributed by atoms with Gasteiger partial charge in [0, 0.05) is 0 Å². The fourth-order valence-electron chi connectivity index (χ4n) is 2.19. The van der Waals surface area contributed by atoms with Crippen LogP contribution >= 0.6 is 0 Å². The van der Waals surface area contributed by atoms with Crippen molar-refractivity contribution < 1.29 is 5.11 Å². The molecule has 2 aromatic rings. The Hall–Kier alpha value is -1.60. The number of aliphatic hydroxyl groups excluding tert-OH is 1. The highest BCUT2D eigenvalue weighted by Crippen LogP contribution is 2.24. The molecule has 0 amide bonds. The summed E-state index contributed by atoms with van der Waals surface area (Å²) in [4.78, 5) is 0. The zero-order chi connectivity index (χ0) is 13.8. The topological polar surface area (TPSA) is 20.2 Å². The van der Waals surface area contributed by atoms with Gasteiger partial charge in [0.1, 0.15) is 6.10 Å². The lowest BCUT2D eigenvalue weighted by Gasteiger charge is -2.13. The van der Waals surface area contributed by atoms with E-state index < -0.39 is 6.10 Å². The fourth-order valence-corrected chi connectivity index (χ4v) is 2.19. The summed E-state index contributed by atoms with van der Waals surface area (Å²) in [7, 11) is 0. The van der Waals surface area contributed by atoms with Gasteiger partial charge in [-0.3, -0.25) is 0 Å². The van der Waals surface area contributed by atoms with Crippen molar-refractivity contribution in [3.05, 3.63) is 70.8 Å². The molecule has 0 aliphatic carbocycles. The Bertz CT molecular complexity index is 508. The van der Waals surface area contributed by atoms with E-state index in [2.05, 4.69) is 45.0 Å². The fraction of sp³-hybridized carbons (Fsp3) is 0.333. The number of benzene rings is 2. The van der Waals surface area contributed by atoms with Crippen LogP contribution in [0.5, 0.6) is 0 Å². The maximum absolute atomic E-state index is 10.4. The minimum Gasteiger partial charge on any atom is -0.384 e. The summed E-state index contributed by atoms with van der Waals surface area (Å²) in [5.74, 6) is 0.523. The van der Waals surface area contributed by atoms with Crippen LogP contribution in [0.3, 0.4) is 0 Å². The number of aryl methyl sites for hydroxylation is 1. The third-order valence-electron chi connectivity index (χ3n) is 3.62. The average Bonchev–Trinajstić information content (AvgIpc) is 2.46. The zero-order valence-electron chi connectivity index (χ0n) is 11.9. The van der Waals surface area contributed by atoms with Crippen LogP contribution in [0.2, 0.25) is 0 Å². The summed E-state index contributed by atoms with van der Waals surface area (Å²) in [6.45, 7) is 6.49. The first-order valence-electron chi connectivity index (χ1n) is 6.98. The molecule has 19 heavy (non-hydrogen) atoms. The highest BCUT2D eigenvalue weighted by atomic mass is 16.3. The van der Waals surface area contributed by atoms with Gasteiger partial charge in [0.15, 0.2) is 0 Å². The van der Waals surface area contributed by atoms with E-state index in [0.717, 1.165) is 17.5 Å². The van der Waals surface area contributed by atoms with Gasteiger partial charge in [0.05, 0.1) is 0 Å². The lowest BCUT2D eigenvalue weighted by Crippen LogP contribution is -2.00. The van der Waals surface area contributed by atoms with Gasteiger partial charge in [0.2, 0.25) is 0 Å². The maximum atomic E-state index is 10.4. The molecule has 0 heterocycles. The lowest BCUT2D eigenvalue weighted by atomic mass is 9.96. The van der Waals surface area contributed by atoms with Crippen molar-refractivity contribution >= 4 is 0 Å². The van der Waals surface area contributed by atoms with Crippen LogP contribution in [0.25, 0.3) is 0 Å². The zero-order valence-corrected chi connectivity index (χ0v) is 11.9. The molecule has 1 unspecified atom stereocenters. The number of rotatable bonds is 4. The smallest absolute Gasteiger partial charge is 0.104 e. The second-order valence-electron chi connectivity index (χ2n) is 5.32. The largest absolute Gasteiger partial charge is 0.384 e. The van der Waals surface area contributed by atoms with Gasteiger partial charge >= 0.3 is 0 Å². The van der Waals surface area contributed by atoms with E-state index in [1.165, 1.54) is 11.1 Å². The first kappa shape index (κ1) is 13.8. The maximum Gasteiger partial charge on any atom is 0.104 e. The molecule has 0 radical (unpaired) electrons. The molecule has 100 valence electrons. The van der Waals surface area contributed by atoms with Crippen LogP contribution in [0, 0.1) is 0 Å². The Morgan fingerprint density at radius 1 is 0.789 bits per heavy atom. The van der Waals surface area contributed by atoms with Crippen molar-refractivity contribution in [2.45, 2.75) is 39.2 Å². The van der Waals surface area contributed by atoms with Gasteiger partial charge in [-0.05, 0) is 34.6 Å². The van der Waals surface area contributed by atoms with E-state index in [4.69, 9.17) is 0 Å². The van der Waals surface area contributed by atoms with Gasteiger partial charge < -0.3 is 5.11 Å². The second-order valence-corrected chi connectivity index (χ2v) is 5.32. The highest BCUT2D eigenvalue weighted by molar-refractivity contribution is 5.34. The van der Waals surface area contributed by atoms with Crippen molar-refractivity contribution in [3.8, 4) is 0 Å². The molecule has 0 aliphatic heterocycles. The summed E-state index contributed by atoms with van der Waals surface area (Å²) in [6, 6.07) is 16.4. The van der Waals surface area contributed by atoms with Gasteiger partial charge in [-0.25, -0.2) is 0 Å². The lowest BCUT2D eigenvalue weighted by molar-refractivity contribution is 0.220. The number of hydrogen-bond donors (Lipinski definition) is 1. The third kappa shape index (κ3) is 3.24. The monoisotopic (exact) mass is 254 g/mol. The molecular formula is C18H22O. The van der Waals surface area contributed by atoms with E-state index >= 15 is 0 Å². The van der Waals surface area contributed by atoms with Crippen molar-refractivity contribution in [1.82, 2.24) is 0 Å². The predicted octanol–water partition coefficient (Wildman–Crippen LogP) is 4.45. The molecule has 1 N–H and O–H groups in total. The second kappa shape index (κ2) is 6.03. The molecular weight excluding hydrogens is 232 g/mol. The first-order valence-corrected chi connectivity index (χ1v) is 6.98. The molecule has 0 aromatic heterocycles. The number of hydrogen-bond acceptors (Lipinski definition) is 1. The van der Waals surface area contributed by atoms with E-state index in [9.17, 15) is 5.11 Å². The Morgan fingerprint density at radius 3 is 1.63 bits per heavy atom. The van der Waals surface area contributed by atoms with Crippen molar-refractivity contribution in [1.29, 1.82) is 0 Å². The Kier molecular flexibility index (Phi) is 4.39. The molecule has 1 atom stereocenters. The summed E-state index contributed by atoms with van der Waals surface area (Å²) < 4.78 is 0. The Labute approximate surface area is 115 Å². The molecule has 0 saturated carbocycles. The minimum absolute atomic E-state index is 0.523. The molecule has 0 aliphatic rings. The van der Waals surface area contributed by atoms with Crippen LogP contribution < -0.4 is 0 Å². The summed E-state index contributed by atoms with van der Waals surface area (Å²) in [6.07, 6.45) is 0.492. The van der Waals surface area contributed by atoms with Crippen LogP contribution in [0.1, 0.15) is 55.0 Å². The van der Waals surface area contributed by atoms with Gasteiger partial charge in [-0.15, -0.1) is 0 Å². The van der Waals surface area contributed by atoms with Crippen LogP contribution in [0.4, 0.5) is 0 Å². The van der Waals surface area contributed by atoms with Crippen LogP contribution in [-0.2, 0) is 6.42 Å². The molecule has 0 fully saturated rings. The standard InChI is InChI=1S/C18H22O/c1-4-14-5-7-16(8-6-14)18(19)17-11-9-15(10-12-17)13(2)3/h5-13,18-19H,4H2,1-3H3. The quantitative estimate of drug-likeness (QED) is 0.854. The highest BCUT2D eigenvalue weighted by Gasteiger charge is 2.10. The van der Waals surface area contributed by atoms with Crippen LogP contribution in [0.15, 0.2) is 48.5 Å². The van der Waals surface area contributed by atoms with E-state index in [-0.39, 0.29) is 0 Å². The molecule has 0 bridgehead atoms. The van der Waals surface area contributed by atoms with Crippen LogP contribution in [-0.4, -0.2) is 5.11 Å². The molecule has 2 aromatic carbocycles. The van der Waals surface area contributed by atoms with Crippen molar-refractivity contribution in [2.24, 2.45) is 0 Å². The average molecular weight is 254 g/mol. The van der Waals surface area contributed by atoms with E-state index in [0.29, 0.717) is 5.92 Å². The molecule has 0 spiro atoms. The van der Waals surface area contributed by atoms with Gasteiger partial charge in [0.25, 0.3) is 0 Å². The minimum atomic E-state index is -0.535. The molecule has 1 heteroatoms. The summed E-state index contributed by atoms with van der Waals surface area (Å²) >= 11 is 0. The molecule has 1 nitrogen and oxygen atoms in total. The van der Waals surface area contributed by atoms with E-state index in [1.807, 2.05) is 24.3 Å². The normalized spacial score (nSPS) is 12.7. The third-order valence-corrected chi connectivity index (χ3v) is 3.62. The first-order chi connectivity index (χ1) is 9.11. The van der Waals surface area contributed by atoms with Gasteiger partial charge in [-0.1, -0.05) is 69.3 Å². The van der Waals surface area contributed by atoms with E-state index in [1.54, 1.807) is 0 Å². The summed E-state index contributed by atoms with van der Waals surface area (Å²) in [5, 5.41) is 10.4. The van der Waals surface area contributed by atoms with Gasteiger partial charge in [-0.2, -0.15) is 0 Å². The molecule has 2 rings (SSSR count). The van der Waals surface area contributed by atoms with Crippen molar-refractivity contribution in [3.63, 3.8) is 0 Å². The molecule has 0 saturated heterocycles. The Balaban J connectivity index is 2.20. The predicted molar refractivity (Wildman–Crippen MR) is 80.4 cm³/mol.